The van der Waals surface area contributed by atoms with Crippen molar-refractivity contribution in [3.05, 3.63) is 35.4 Å². The summed E-state index contributed by atoms with van der Waals surface area (Å²) in [5.41, 5.74) is 0.204. The molecule has 0 radical (unpaired) electrons. The molecule has 0 aromatic heterocycles. The molecule has 1 unspecified atom stereocenters. The third-order valence-corrected chi connectivity index (χ3v) is 3.29. The minimum absolute atomic E-state index is 0.358. The molecule has 1 N–H and O–H groups in total. The highest BCUT2D eigenvalue weighted by molar-refractivity contribution is 5.80. The first kappa shape index (κ1) is 16.7. The number of aliphatic hydroxyl groups is 1. The van der Waals surface area contributed by atoms with Crippen LogP contribution in [0, 0.1) is 5.92 Å². The maximum absolute atomic E-state index is 11.9. The molecule has 1 atom stereocenters. The first-order chi connectivity index (χ1) is 9.37. The normalized spacial score (nSPS) is 14.1. The lowest BCUT2D eigenvalue weighted by Crippen LogP contribution is -2.34. The highest BCUT2D eigenvalue weighted by atomic mass is 16.5. The summed E-state index contributed by atoms with van der Waals surface area (Å²) in [7, 11) is 0. The molecule has 3 nitrogen and oxygen atoms in total. The number of carbonyl (C=O) groups excluding carboxylic acids is 1. The summed E-state index contributed by atoms with van der Waals surface area (Å²) < 4.78 is 5.11. The van der Waals surface area contributed by atoms with E-state index >= 15 is 0 Å². The Hall–Kier alpha value is -1.35. The summed E-state index contributed by atoms with van der Waals surface area (Å²) in [6.07, 6.45) is 2.76. The predicted octanol–water partition coefficient (Wildman–Crippen LogP) is 3.44. The van der Waals surface area contributed by atoms with E-state index in [1.807, 2.05) is 19.1 Å². The molecule has 20 heavy (non-hydrogen) atoms. The average molecular weight is 278 g/mol. The fraction of sp³-hybridized carbons (Fsp3) is 0.588. The second-order valence-electron chi connectivity index (χ2n) is 5.86. The van der Waals surface area contributed by atoms with Crippen molar-refractivity contribution >= 4 is 5.97 Å². The van der Waals surface area contributed by atoms with E-state index in [9.17, 15) is 9.90 Å². The van der Waals surface area contributed by atoms with Crippen molar-refractivity contribution in [2.24, 2.45) is 5.92 Å². The van der Waals surface area contributed by atoms with Crippen molar-refractivity contribution in [1.82, 2.24) is 0 Å². The number of hydrogen-bond acceptors (Lipinski definition) is 3. The standard InChI is InChI=1S/C17H26O3/c1-5-6-11-20-16(18)17(4,19)15-9-7-14(8-10-15)12-13(2)3/h7-10,13,19H,5-6,11-12H2,1-4H3. The zero-order chi connectivity index (χ0) is 15.2. The molecule has 0 aliphatic rings. The van der Waals surface area contributed by atoms with Gasteiger partial charge in [-0.1, -0.05) is 51.5 Å². The summed E-state index contributed by atoms with van der Waals surface area (Å²) in [6.45, 7) is 8.19. The van der Waals surface area contributed by atoms with Crippen molar-refractivity contribution in [1.29, 1.82) is 0 Å². The molecule has 0 saturated heterocycles. The van der Waals surface area contributed by atoms with Gasteiger partial charge in [-0.3, -0.25) is 0 Å². The van der Waals surface area contributed by atoms with Crippen LogP contribution in [0.15, 0.2) is 24.3 Å². The van der Waals surface area contributed by atoms with Crippen LogP contribution in [-0.4, -0.2) is 17.7 Å². The van der Waals surface area contributed by atoms with E-state index in [1.165, 1.54) is 12.5 Å². The zero-order valence-corrected chi connectivity index (χ0v) is 13.0. The summed E-state index contributed by atoms with van der Waals surface area (Å²) in [5, 5.41) is 10.4. The van der Waals surface area contributed by atoms with Crippen molar-refractivity contribution in [2.75, 3.05) is 6.61 Å². The molecule has 1 aromatic rings. The third-order valence-electron chi connectivity index (χ3n) is 3.29. The maximum Gasteiger partial charge on any atom is 0.342 e. The van der Waals surface area contributed by atoms with Crippen LogP contribution in [0.3, 0.4) is 0 Å². The van der Waals surface area contributed by atoms with Crippen LogP contribution in [0.4, 0.5) is 0 Å². The Morgan fingerprint density at radius 3 is 2.40 bits per heavy atom. The van der Waals surface area contributed by atoms with Gasteiger partial charge in [-0.25, -0.2) is 4.79 Å². The van der Waals surface area contributed by atoms with Gasteiger partial charge in [0.05, 0.1) is 6.61 Å². The van der Waals surface area contributed by atoms with Crippen molar-refractivity contribution < 1.29 is 14.6 Å². The van der Waals surface area contributed by atoms with Gasteiger partial charge in [0.25, 0.3) is 0 Å². The molecule has 0 bridgehead atoms. The Kier molecular flexibility index (Phi) is 6.21. The highest BCUT2D eigenvalue weighted by Gasteiger charge is 2.34. The van der Waals surface area contributed by atoms with Gasteiger partial charge in [0.1, 0.15) is 0 Å². The van der Waals surface area contributed by atoms with Gasteiger partial charge in [-0.15, -0.1) is 0 Å². The van der Waals surface area contributed by atoms with E-state index in [0.29, 0.717) is 18.1 Å². The predicted molar refractivity (Wildman–Crippen MR) is 80.4 cm³/mol. The van der Waals surface area contributed by atoms with Crippen molar-refractivity contribution in [2.45, 2.75) is 52.6 Å². The molecule has 1 rings (SSSR count). The van der Waals surface area contributed by atoms with Crippen LogP contribution in [0.5, 0.6) is 0 Å². The fourth-order valence-electron chi connectivity index (χ4n) is 2.00. The minimum Gasteiger partial charge on any atom is -0.463 e. The van der Waals surface area contributed by atoms with Gasteiger partial charge in [-0.05, 0) is 36.8 Å². The zero-order valence-electron chi connectivity index (χ0n) is 13.0. The second-order valence-corrected chi connectivity index (χ2v) is 5.86. The van der Waals surface area contributed by atoms with Gasteiger partial charge in [0, 0.05) is 0 Å². The average Bonchev–Trinajstić information content (AvgIpc) is 2.38. The van der Waals surface area contributed by atoms with Gasteiger partial charge < -0.3 is 9.84 Å². The van der Waals surface area contributed by atoms with E-state index in [4.69, 9.17) is 4.74 Å². The first-order valence-electron chi connectivity index (χ1n) is 7.37. The first-order valence-corrected chi connectivity index (χ1v) is 7.37. The summed E-state index contributed by atoms with van der Waals surface area (Å²) in [5.74, 6) is 0.00271. The molecule has 112 valence electrons. The molecule has 0 spiro atoms. The molecule has 0 amide bonds. The fourth-order valence-corrected chi connectivity index (χ4v) is 2.00. The summed E-state index contributed by atoms with van der Waals surface area (Å²) in [6, 6.07) is 7.53. The van der Waals surface area contributed by atoms with Gasteiger partial charge in [-0.2, -0.15) is 0 Å². The van der Waals surface area contributed by atoms with Crippen molar-refractivity contribution in [3.63, 3.8) is 0 Å². The number of benzene rings is 1. The smallest absolute Gasteiger partial charge is 0.342 e. The number of hydrogen-bond donors (Lipinski definition) is 1. The Balaban J connectivity index is 2.73. The Morgan fingerprint density at radius 2 is 1.90 bits per heavy atom. The molecular weight excluding hydrogens is 252 g/mol. The van der Waals surface area contributed by atoms with Crippen LogP contribution in [0.2, 0.25) is 0 Å². The van der Waals surface area contributed by atoms with Crippen molar-refractivity contribution in [3.8, 4) is 0 Å². The largest absolute Gasteiger partial charge is 0.463 e. The van der Waals surface area contributed by atoms with Crippen LogP contribution >= 0.6 is 0 Å². The molecule has 0 saturated carbocycles. The minimum atomic E-state index is -1.58. The second kappa shape index (κ2) is 7.44. The lowest BCUT2D eigenvalue weighted by Gasteiger charge is -2.22. The Morgan fingerprint density at radius 1 is 1.30 bits per heavy atom. The molecule has 1 aromatic carbocycles. The van der Waals surface area contributed by atoms with Gasteiger partial charge in [0.15, 0.2) is 5.60 Å². The van der Waals surface area contributed by atoms with Gasteiger partial charge in [0.2, 0.25) is 0 Å². The SMILES string of the molecule is CCCCOC(=O)C(C)(O)c1ccc(CC(C)C)cc1. The number of carbonyl (C=O) groups is 1. The van der Waals surface area contributed by atoms with Crippen LogP contribution < -0.4 is 0 Å². The quantitative estimate of drug-likeness (QED) is 0.614. The summed E-state index contributed by atoms with van der Waals surface area (Å²) >= 11 is 0. The molecule has 0 heterocycles. The van der Waals surface area contributed by atoms with E-state index < -0.39 is 11.6 Å². The Bertz CT molecular complexity index is 418. The molecule has 0 aliphatic heterocycles. The van der Waals surface area contributed by atoms with E-state index in [2.05, 4.69) is 13.8 Å². The van der Waals surface area contributed by atoms with E-state index in [-0.39, 0.29) is 0 Å². The van der Waals surface area contributed by atoms with Crippen LogP contribution in [0.25, 0.3) is 0 Å². The lowest BCUT2D eigenvalue weighted by molar-refractivity contribution is -0.164. The molecule has 3 heteroatoms. The summed E-state index contributed by atoms with van der Waals surface area (Å²) in [4.78, 5) is 11.9. The molecular formula is C17H26O3. The highest BCUT2D eigenvalue weighted by Crippen LogP contribution is 2.23. The van der Waals surface area contributed by atoms with Gasteiger partial charge >= 0.3 is 5.97 Å². The lowest BCUT2D eigenvalue weighted by atomic mass is 9.93. The van der Waals surface area contributed by atoms with Crippen LogP contribution in [0.1, 0.15) is 51.7 Å². The van der Waals surface area contributed by atoms with E-state index in [0.717, 1.165) is 19.3 Å². The van der Waals surface area contributed by atoms with E-state index in [1.54, 1.807) is 12.1 Å². The van der Waals surface area contributed by atoms with Crippen LogP contribution in [-0.2, 0) is 21.6 Å². The molecule has 0 aliphatic carbocycles. The monoisotopic (exact) mass is 278 g/mol. The molecule has 0 fully saturated rings. The Labute approximate surface area is 122 Å². The number of ether oxygens (including phenoxy) is 1. The topological polar surface area (TPSA) is 46.5 Å². The third kappa shape index (κ3) is 4.64. The number of esters is 1. The number of unbranched alkanes of at least 4 members (excludes halogenated alkanes) is 1. The maximum atomic E-state index is 11.9. The number of rotatable bonds is 7.